The van der Waals surface area contributed by atoms with Crippen LogP contribution < -0.4 is 5.73 Å². The number of benzene rings is 1. The molecule has 0 unspecified atom stereocenters. The van der Waals surface area contributed by atoms with Crippen molar-refractivity contribution in [3.8, 4) is 0 Å². The summed E-state index contributed by atoms with van der Waals surface area (Å²) in [5.41, 5.74) is 5.29. The summed E-state index contributed by atoms with van der Waals surface area (Å²) in [6.07, 6.45) is 0. The zero-order chi connectivity index (χ0) is 12.5. The summed E-state index contributed by atoms with van der Waals surface area (Å²) >= 11 is 0. The van der Waals surface area contributed by atoms with E-state index in [4.69, 9.17) is 10.8 Å². The Bertz CT molecular complexity index is 520. The summed E-state index contributed by atoms with van der Waals surface area (Å²) in [4.78, 5) is 10.8. The average molecular weight is 243 g/mol. The lowest BCUT2D eigenvalue weighted by Gasteiger charge is -2.09. The molecule has 0 spiro atoms. The zero-order valence-electron chi connectivity index (χ0n) is 8.97. The van der Waals surface area contributed by atoms with Crippen LogP contribution in [0, 0.1) is 0 Å². The van der Waals surface area contributed by atoms with E-state index in [1.54, 1.807) is 0 Å². The van der Waals surface area contributed by atoms with Crippen LogP contribution >= 0.6 is 0 Å². The molecule has 0 atom stereocenters. The van der Waals surface area contributed by atoms with Crippen molar-refractivity contribution in [1.29, 1.82) is 0 Å². The van der Waals surface area contributed by atoms with Crippen molar-refractivity contribution in [2.24, 2.45) is 0 Å². The largest absolute Gasteiger partial charge is 0.478 e. The normalized spacial score (nSPS) is 11.7. The smallest absolute Gasteiger partial charge is 0.337 e. The molecule has 5 nitrogen and oxygen atoms in total. The lowest BCUT2D eigenvalue weighted by Crippen LogP contribution is -2.15. The number of rotatable bonds is 3. The van der Waals surface area contributed by atoms with Crippen molar-refractivity contribution in [1.82, 2.24) is 0 Å². The molecule has 0 aliphatic heterocycles. The van der Waals surface area contributed by atoms with Gasteiger partial charge in [0.05, 0.1) is 15.7 Å². The van der Waals surface area contributed by atoms with Crippen LogP contribution in [0.5, 0.6) is 0 Å². The highest BCUT2D eigenvalue weighted by Crippen LogP contribution is 2.21. The number of carbonyl (C=O) groups is 1. The van der Waals surface area contributed by atoms with E-state index in [0.717, 1.165) is 6.07 Å². The van der Waals surface area contributed by atoms with Gasteiger partial charge in [0.1, 0.15) is 0 Å². The van der Waals surface area contributed by atoms with Crippen LogP contribution in [0.25, 0.3) is 0 Å². The van der Waals surface area contributed by atoms with Gasteiger partial charge in [-0.05, 0) is 32.0 Å². The summed E-state index contributed by atoms with van der Waals surface area (Å²) in [6.45, 7) is 3.07. The monoisotopic (exact) mass is 243 g/mol. The van der Waals surface area contributed by atoms with Gasteiger partial charge in [-0.2, -0.15) is 0 Å². The molecule has 0 aliphatic carbocycles. The van der Waals surface area contributed by atoms with E-state index in [1.165, 1.54) is 26.0 Å². The first kappa shape index (κ1) is 12.5. The quantitative estimate of drug-likeness (QED) is 0.776. The van der Waals surface area contributed by atoms with Crippen LogP contribution in [0.1, 0.15) is 24.2 Å². The van der Waals surface area contributed by atoms with Gasteiger partial charge in [-0.15, -0.1) is 0 Å². The number of nitrogen functional groups attached to an aromatic ring is 1. The second kappa shape index (κ2) is 4.13. The number of anilines is 1. The molecule has 0 aromatic heterocycles. The predicted molar refractivity (Wildman–Crippen MR) is 60.1 cm³/mol. The van der Waals surface area contributed by atoms with Gasteiger partial charge in [0.15, 0.2) is 9.84 Å². The second-order valence-corrected chi connectivity index (χ2v) is 6.15. The molecule has 0 bridgehead atoms. The third kappa shape index (κ3) is 2.16. The van der Waals surface area contributed by atoms with Gasteiger partial charge in [-0.1, -0.05) is 0 Å². The molecule has 1 aromatic rings. The Balaban J connectivity index is 3.40. The highest BCUT2D eigenvalue weighted by Gasteiger charge is 2.21. The molecule has 88 valence electrons. The van der Waals surface area contributed by atoms with Crippen molar-refractivity contribution in [3.05, 3.63) is 23.8 Å². The van der Waals surface area contributed by atoms with Gasteiger partial charge < -0.3 is 10.8 Å². The summed E-state index contributed by atoms with van der Waals surface area (Å²) in [5, 5.41) is 8.22. The Morgan fingerprint density at radius 1 is 1.38 bits per heavy atom. The lowest BCUT2D eigenvalue weighted by atomic mass is 10.2. The molecule has 0 aliphatic rings. The van der Waals surface area contributed by atoms with Crippen LogP contribution in [0.3, 0.4) is 0 Å². The SMILES string of the molecule is CC(C)S(=O)(=O)c1ccc(N)c(C(=O)O)c1. The van der Waals surface area contributed by atoms with Gasteiger partial charge in [0.25, 0.3) is 0 Å². The zero-order valence-corrected chi connectivity index (χ0v) is 9.78. The topological polar surface area (TPSA) is 97.5 Å². The van der Waals surface area contributed by atoms with Gasteiger partial charge >= 0.3 is 5.97 Å². The molecular formula is C10H13NO4S. The van der Waals surface area contributed by atoms with Crippen LogP contribution in [-0.2, 0) is 9.84 Å². The standard InChI is InChI=1S/C10H13NO4S/c1-6(2)16(14,15)7-3-4-9(11)8(5-7)10(12)13/h3-6H,11H2,1-2H3,(H,12,13). The fourth-order valence-corrected chi connectivity index (χ4v) is 2.25. The van der Waals surface area contributed by atoms with E-state index in [-0.39, 0.29) is 16.1 Å². The number of sulfone groups is 1. The van der Waals surface area contributed by atoms with Gasteiger partial charge in [-0.3, -0.25) is 0 Å². The molecule has 0 amide bonds. The van der Waals surface area contributed by atoms with Crippen LogP contribution in [0.15, 0.2) is 23.1 Å². The molecule has 1 aromatic carbocycles. The summed E-state index contributed by atoms with van der Waals surface area (Å²) in [5.74, 6) is -1.24. The molecule has 0 heterocycles. The predicted octanol–water partition coefficient (Wildman–Crippen LogP) is 1.15. The third-order valence-electron chi connectivity index (χ3n) is 2.20. The van der Waals surface area contributed by atoms with Crippen molar-refractivity contribution in [3.63, 3.8) is 0 Å². The number of nitrogens with two attached hydrogens (primary N) is 1. The average Bonchev–Trinajstić information content (AvgIpc) is 2.17. The highest BCUT2D eigenvalue weighted by atomic mass is 32.2. The van der Waals surface area contributed by atoms with Crippen LogP contribution in [0.2, 0.25) is 0 Å². The minimum absolute atomic E-state index is 0.0194. The van der Waals surface area contributed by atoms with Crippen LogP contribution in [-0.4, -0.2) is 24.7 Å². The molecule has 0 saturated heterocycles. The van der Waals surface area contributed by atoms with Crippen molar-refractivity contribution < 1.29 is 18.3 Å². The van der Waals surface area contributed by atoms with E-state index >= 15 is 0 Å². The Hall–Kier alpha value is -1.56. The first-order valence-electron chi connectivity index (χ1n) is 4.63. The maximum absolute atomic E-state index is 11.8. The van der Waals surface area contributed by atoms with Crippen molar-refractivity contribution in [2.45, 2.75) is 24.0 Å². The minimum Gasteiger partial charge on any atom is -0.478 e. The minimum atomic E-state index is -3.47. The molecule has 3 N–H and O–H groups in total. The van der Waals surface area contributed by atoms with Crippen LogP contribution in [0.4, 0.5) is 5.69 Å². The van der Waals surface area contributed by atoms with E-state index in [9.17, 15) is 13.2 Å². The Morgan fingerprint density at radius 2 is 1.94 bits per heavy atom. The van der Waals surface area contributed by atoms with E-state index in [1.807, 2.05) is 0 Å². The summed E-state index contributed by atoms with van der Waals surface area (Å²) in [7, 11) is -3.47. The summed E-state index contributed by atoms with van der Waals surface area (Å²) in [6, 6.07) is 3.70. The molecule has 1 rings (SSSR count). The molecule has 0 radical (unpaired) electrons. The Labute approximate surface area is 93.8 Å². The highest BCUT2D eigenvalue weighted by molar-refractivity contribution is 7.92. The number of carboxylic acid groups (broad SMARTS) is 1. The summed E-state index contributed by atoms with van der Waals surface area (Å²) < 4.78 is 23.6. The number of hydrogen-bond acceptors (Lipinski definition) is 4. The third-order valence-corrected chi connectivity index (χ3v) is 4.36. The van der Waals surface area contributed by atoms with E-state index < -0.39 is 21.1 Å². The first-order chi connectivity index (χ1) is 7.26. The van der Waals surface area contributed by atoms with Gasteiger partial charge in [0.2, 0.25) is 0 Å². The molecule has 6 heteroatoms. The molecule has 16 heavy (non-hydrogen) atoms. The fraction of sp³-hybridized carbons (Fsp3) is 0.300. The van der Waals surface area contributed by atoms with Crippen molar-refractivity contribution >= 4 is 21.5 Å². The Morgan fingerprint density at radius 3 is 2.38 bits per heavy atom. The van der Waals surface area contributed by atoms with Gasteiger partial charge in [-0.25, -0.2) is 13.2 Å². The second-order valence-electron chi connectivity index (χ2n) is 3.65. The maximum Gasteiger partial charge on any atom is 0.337 e. The lowest BCUT2D eigenvalue weighted by molar-refractivity contribution is 0.0698. The first-order valence-corrected chi connectivity index (χ1v) is 6.18. The number of aromatic carboxylic acids is 1. The Kier molecular flexibility index (Phi) is 3.23. The number of carboxylic acids is 1. The van der Waals surface area contributed by atoms with Gasteiger partial charge in [0, 0.05) is 5.69 Å². The molecule has 0 saturated carbocycles. The maximum atomic E-state index is 11.8. The fourth-order valence-electron chi connectivity index (χ4n) is 1.17. The molecular weight excluding hydrogens is 230 g/mol. The van der Waals surface area contributed by atoms with Crippen molar-refractivity contribution in [2.75, 3.05) is 5.73 Å². The van der Waals surface area contributed by atoms with E-state index in [0.29, 0.717) is 0 Å². The van der Waals surface area contributed by atoms with E-state index in [2.05, 4.69) is 0 Å². The molecule has 0 fully saturated rings. The number of hydrogen-bond donors (Lipinski definition) is 2.